The van der Waals surface area contributed by atoms with Gasteiger partial charge in [0, 0.05) is 5.92 Å². The summed E-state index contributed by atoms with van der Waals surface area (Å²) in [5.74, 6) is 0.234. The maximum Gasteiger partial charge on any atom is 0.0888 e. The summed E-state index contributed by atoms with van der Waals surface area (Å²) < 4.78 is 5.47. The Morgan fingerprint density at radius 3 is 2.58 bits per heavy atom. The lowest BCUT2D eigenvalue weighted by Crippen LogP contribution is -2.35. The molecule has 0 spiro atoms. The average Bonchev–Trinajstić information content (AvgIpc) is 2.15. The number of aliphatic hydroxyl groups excluding tert-OH is 1. The Kier molecular flexibility index (Phi) is 2.59. The molecule has 2 atom stereocenters. The van der Waals surface area contributed by atoms with E-state index < -0.39 is 0 Å². The zero-order chi connectivity index (χ0) is 9.35. The fourth-order valence-electron chi connectivity index (χ4n) is 1.68. The highest BCUT2D eigenvalue weighted by Gasteiger charge is 2.41. The molecule has 0 aromatic carbocycles. The van der Waals surface area contributed by atoms with Crippen molar-refractivity contribution < 1.29 is 9.84 Å². The molecule has 2 nitrogen and oxygen atoms in total. The quantitative estimate of drug-likeness (QED) is 0.640. The molecule has 0 bridgehead atoms. The van der Waals surface area contributed by atoms with Gasteiger partial charge in [-0.1, -0.05) is 5.57 Å². The van der Waals surface area contributed by atoms with E-state index >= 15 is 0 Å². The molecule has 12 heavy (non-hydrogen) atoms. The van der Waals surface area contributed by atoms with Crippen LogP contribution in [0.3, 0.4) is 0 Å². The predicted octanol–water partition coefficient (Wildman–Crippen LogP) is 1.74. The number of hydrogen-bond acceptors (Lipinski definition) is 2. The van der Waals surface area contributed by atoms with Crippen molar-refractivity contribution in [3.8, 4) is 0 Å². The highest BCUT2D eigenvalue weighted by Crippen LogP contribution is 2.32. The highest BCUT2D eigenvalue weighted by atomic mass is 16.5. The monoisotopic (exact) mass is 170 g/mol. The van der Waals surface area contributed by atoms with Crippen LogP contribution < -0.4 is 0 Å². The van der Waals surface area contributed by atoms with E-state index in [0.717, 1.165) is 12.0 Å². The summed E-state index contributed by atoms with van der Waals surface area (Å²) >= 11 is 0. The summed E-state index contributed by atoms with van der Waals surface area (Å²) in [7, 11) is 0. The summed E-state index contributed by atoms with van der Waals surface area (Å²) in [6, 6.07) is 0. The SMILES string of the molecule is C=C(C)CC1COC(C)(C)C1O. The standard InChI is InChI=1S/C10H18O2/c1-7(2)5-8-6-12-10(3,4)9(8)11/h8-9,11H,1,5-6H2,2-4H3. The molecule has 0 radical (unpaired) electrons. The number of hydrogen-bond donors (Lipinski definition) is 1. The molecule has 2 heteroatoms. The van der Waals surface area contributed by atoms with Gasteiger partial charge in [0.15, 0.2) is 0 Å². The van der Waals surface area contributed by atoms with Crippen LogP contribution in [0.5, 0.6) is 0 Å². The summed E-state index contributed by atoms with van der Waals surface area (Å²) in [6.07, 6.45) is 0.513. The van der Waals surface area contributed by atoms with Gasteiger partial charge in [0.05, 0.1) is 18.3 Å². The van der Waals surface area contributed by atoms with Crippen LogP contribution in [-0.2, 0) is 4.74 Å². The lowest BCUT2D eigenvalue weighted by atomic mass is 9.90. The van der Waals surface area contributed by atoms with Crippen molar-refractivity contribution in [2.45, 2.75) is 38.9 Å². The molecule has 0 aliphatic carbocycles. The molecular formula is C10H18O2. The molecule has 1 fully saturated rings. The largest absolute Gasteiger partial charge is 0.390 e. The molecule has 2 unspecified atom stereocenters. The summed E-state index contributed by atoms with van der Waals surface area (Å²) in [5.41, 5.74) is 0.737. The third-order valence-corrected chi connectivity index (χ3v) is 2.44. The molecule has 0 aromatic heterocycles. The first-order valence-electron chi connectivity index (χ1n) is 4.40. The van der Waals surface area contributed by atoms with E-state index in [2.05, 4.69) is 6.58 Å². The fraction of sp³-hybridized carbons (Fsp3) is 0.800. The second-order valence-electron chi connectivity index (χ2n) is 4.28. The van der Waals surface area contributed by atoms with Gasteiger partial charge in [0.1, 0.15) is 0 Å². The van der Waals surface area contributed by atoms with E-state index in [9.17, 15) is 5.11 Å². The van der Waals surface area contributed by atoms with E-state index in [0.29, 0.717) is 6.61 Å². The predicted molar refractivity (Wildman–Crippen MR) is 49.0 cm³/mol. The molecule has 1 N–H and O–H groups in total. The van der Waals surface area contributed by atoms with Gasteiger partial charge in [-0.2, -0.15) is 0 Å². The van der Waals surface area contributed by atoms with E-state index in [-0.39, 0.29) is 17.6 Å². The smallest absolute Gasteiger partial charge is 0.0888 e. The van der Waals surface area contributed by atoms with Gasteiger partial charge in [0.2, 0.25) is 0 Å². The first kappa shape index (κ1) is 9.75. The van der Waals surface area contributed by atoms with E-state index in [4.69, 9.17) is 4.74 Å². The van der Waals surface area contributed by atoms with Crippen LogP contribution in [0.2, 0.25) is 0 Å². The number of aliphatic hydroxyl groups is 1. The highest BCUT2D eigenvalue weighted by molar-refractivity contribution is 4.98. The summed E-state index contributed by atoms with van der Waals surface area (Å²) in [6.45, 7) is 10.3. The third-order valence-electron chi connectivity index (χ3n) is 2.44. The number of rotatable bonds is 2. The zero-order valence-electron chi connectivity index (χ0n) is 8.13. The van der Waals surface area contributed by atoms with Crippen molar-refractivity contribution in [1.29, 1.82) is 0 Å². The topological polar surface area (TPSA) is 29.5 Å². The van der Waals surface area contributed by atoms with E-state index in [1.807, 2.05) is 20.8 Å². The van der Waals surface area contributed by atoms with Crippen LogP contribution in [0.15, 0.2) is 12.2 Å². The molecule has 1 aliphatic rings. The molecular weight excluding hydrogens is 152 g/mol. The second-order valence-corrected chi connectivity index (χ2v) is 4.28. The Hall–Kier alpha value is -0.340. The lowest BCUT2D eigenvalue weighted by Gasteiger charge is -2.23. The molecule has 0 saturated carbocycles. The zero-order valence-corrected chi connectivity index (χ0v) is 8.13. The number of ether oxygens (including phenoxy) is 1. The average molecular weight is 170 g/mol. The van der Waals surface area contributed by atoms with Crippen molar-refractivity contribution in [1.82, 2.24) is 0 Å². The molecule has 0 amide bonds. The van der Waals surface area contributed by atoms with Gasteiger partial charge in [0.25, 0.3) is 0 Å². The van der Waals surface area contributed by atoms with Crippen molar-refractivity contribution >= 4 is 0 Å². The maximum atomic E-state index is 9.80. The van der Waals surface area contributed by atoms with E-state index in [1.165, 1.54) is 0 Å². The summed E-state index contributed by atoms with van der Waals surface area (Å²) in [5, 5.41) is 9.80. The van der Waals surface area contributed by atoms with Gasteiger partial charge in [-0.15, -0.1) is 6.58 Å². The van der Waals surface area contributed by atoms with Crippen molar-refractivity contribution in [2.24, 2.45) is 5.92 Å². The molecule has 0 aromatic rings. The van der Waals surface area contributed by atoms with Crippen molar-refractivity contribution in [3.05, 3.63) is 12.2 Å². The van der Waals surface area contributed by atoms with Crippen LogP contribution in [0.4, 0.5) is 0 Å². The first-order chi connectivity index (χ1) is 5.43. The van der Waals surface area contributed by atoms with Crippen LogP contribution in [0, 0.1) is 5.92 Å². The minimum atomic E-state index is -0.375. The third kappa shape index (κ3) is 1.87. The van der Waals surface area contributed by atoms with Crippen LogP contribution in [0.1, 0.15) is 27.2 Å². The van der Waals surface area contributed by atoms with Gasteiger partial charge in [-0.3, -0.25) is 0 Å². The minimum Gasteiger partial charge on any atom is -0.390 e. The van der Waals surface area contributed by atoms with Gasteiger partial charge >= 0.3 is 0 Å². The van der Waals surface area contributed by atoms with Crippen molar-refractivity contribution in [3.63, 3.8) is 0 Å². The van der Waals surface area contributed by atoms with Gasteiger partial charge in [-0.25, -0.2) is 0 Å². The Balaban J connectivity index is 2.55. The Morgan fingerprint density at radius 2 is 2.25 bits per heavy atom. The normalized spacial score (nSPS) is 33.7. The van der Waals surface area contributed by atoms with Crippen LogP contribution >= 0.6 is 0 Å². The van der Waals surface area contributed by atoms with Gasteiger partial charge in [-0.05, 0) is 27.2 Å². The number of allylic oxidation sites excluding steroid dienone is 1. The van der Waals surface area contributed by atoms with E-state index in [1.54, 1.807) is 0 Å². The first-order valence-corrected chi connectivity index (χ1v) is 4.40. The Morgan fingerprint density at radius 1 is 1.67 bits per heavy atom. The lowest BCUT2D eigenvalue weighted by molar-refractivity contribution is -0.0311. The van der Waals surface area contributed by atoms with Crippen LogP contribution in [-0.4, -0.2) is 23.4 Å². The molecule has 1 heterocycles. The molecule has 1 aliphatic heterocycles. The Labute approximate surface area is 74.2 Å². The maximum absolute atomic E-state index is 9.80. The van der Waals surface area contributed by atoms with Crippen molar-refractivity contribution in [2.75, 3.05) is 6.61 Å². The Bertz CT molecular complexity index is 184. The molecule has 70 valence electrons. The fourth-order valence-corrected chi connectivity index (χ4v) is 1.68. The van der Waals surface area contributed by atoms with Gasteiger partial charge < -0.3 is 9.84 Å². The van der Waals surface area contributed by atoms with Crippen LogP contribution in [0.25, 0.3) is 0 Å². The second kappa shape index (κ2) is 3.19. The summed E-state index contributed by atoms with van der Waals surface area (Å²) in [4.78, 5) is 0. The minimum absolute atomic E-state index is 0.234. The molecule has 1 rings (SSSR count). The molecule has 1 saturated heterocycles.